The van der Waals surface area contributed by atoms with E-state index in [1.807, 2.05) is 18.2 Å². The smallest absolute Gasteiger partial charge is 0.267 e. The Morgan fingerprint density at radius 3 is 2.64 bits per heavy atom. The van der Waals surface area contributed by atoms with E-state index >= 15 is 0 Å². The highest BCUT2D eigenvalue weighted by Gasteiger charge is 2.33. The summed E-state index contributed by atoms with van der Waals surface area (Å²) in [6.45, 7) is 8.96. The molecular formula is C25H32N4O2S2. The third-order valence-corrected chi connectivity index (χ3v) is 7.68. The molecule has 2 atom stereocenters. The monoisotopic (exact) mass is 484 g/mol. The van der Waals surface area contributed by atoms with Crippen LogP contribution in [0.15, 0.2) is 34.1 Å². The van der Waals surface area contributed by atoms with E-state index in [9.17, 15) is 9.59 Å². The molecule has 33 heavy (non-hydrogen) atoms. The number of fused-ring (bicyclic) bond motifs is 1. The normalized spacial score (nSPS) is 22.7. The summed E-state index contributed by atoms with van der Waals surface area (Å²) in [5, 5.41) is 0. The summed E-state index contributed by atoms with van der Waals surface area (Å²) in [7, 11) is 0. The molecule has 0 aromatic carbocycles. The van der Waals surface area contributed by atoms with E-state index in [1.54, 1.807) is 21.6 Å². The number of hydrogen-bond acceptors (Lipinski definition) is 6. The molecule has 2 aliphatic heterocycles. The standard InChI is InChI=1S/C25H32N4O2S2/c1-4-5-6-8-12-29-24(31)20(33-25(29)32)14-19-22(27-15-17(2)13-18(3)16-27)26-21-10-7-9-11-28(21)23(19)30/h7,9-11,14,17-18H,4-6,8,12-13,15-16H2,1-3H3/b20-14+/t17-,18-/m0/s1. The van der Waals surface area contributed by atoms with Crippen molar-refractivity contribution in [3.63, 3.8) is 0 Å². The van der Waals surface area contributed by atoms with E-state index < -0.39 is 0 Å². The van der Waals surface area contributed by atoms with Gasteiger partial charge in [0.2, 0.25) is 0 Å². The number of unbranched alkanes of at least 4 members (excludes halogenated alkanes) is 3. The van der Waals surface area contributed by atoms with Gasteiger partial charge in [0.1, 0.15) is 15.8 Å². The molecule has 0 bridgehead atoms. The van der Waals surface area contributed by atoms with Crippen LogP contribution in [0.1, 0.15) is 58.4 Å². The minimum absolute atomic E-state index is 0.106. The minimum Gasteiger partial charge on any atom is -0.355 e. The van der Waals surface area contributed by atoms with Crippen molar-refractivity contribution in [3.05, 3.63) is 45.2 Å². The fourth-order valence-electron chi connectivity index (χ4n) is 4.81. The Kier molecular flexibility index (Phi) is 7.54. The maximum atomic E-state index is 13.5. The van der Waals surface area contributed by atoms with Crippen LogP contribution in [0.3, 0.4) is 0 Å². The fraction of sp³-hybridized carbons (Fsp3) is 0.520. The third-order valence-electron chi connectivity index (χ3n) is 6.30. The van der Waals surface area contributed by atoms with Crippen molar-refractivity contribution in [1.82, 2.24) is 14.3 Å². The van der Waals surface area contributed by atoms with Gasteiger partial charge in [-0.3, -0.25) is 18.9 Å². The van der Waals surface area contributed by atoms with Gasteiger partial charge in [-0.2, -0.15) is 0 Å². The number of carbonyl (C=O) groups excluding carboxylic acids is 1. The molecule has 0 aliphatic carbocycles. The number of carbonyl (C=O) groups is 1. The number of rotatable bonds is 7. The summed E-state index contributed by atoms with van der Waals surface area (Å²) in [5.74, 6) is 1.58. The zero-order valence-electron chi connectivity index (χ0n) is 19.6. The average molecular weight is 485 g/mol. The highest BCUT2D eigenvalue weighted by molar-refractivity contribution is 8.26. The van der Waals surface area contributed by atoms with Crippen LogP contribution in [0, 0.1) is 11.8 Å². The average Bonchev–Trinajstić information content (AvgIpc) is 3.05. The molecule has 8 heteroatoms. The molecule has 4 heterocycles. The molecule has 176 valence electrons. The van der Waals surface area contributed by atoms with Crippen LogP contribution in [0.4, 0.5) is 5.82 Å². The van der Waals surface area contributed by atoms with E-state index in [1.165, 1.54) is 11.8 Å². The predicted octanol–water partition coefficient (Wildman–Crippen LogP) is 4.96. The Morgan fingerprint density at radius 1 is 1.15 bits per heavy atom. The number of thiocarbonyl (C=S) groups is 1. The zero-order valence-corrected chi connectivity index (χ0v) is 21.3. The first-order valence-corrected chi connectivity index (χ1v) is 13.1. The van der Waals surface area contributed by atoms with Crippen LogP contribution in [-0.4, -0.2) is 44.1 Å². The summed E-state index contributed by atoms with van der Waals surface area (Å²) in [5.41, 5.74) is 0.921. The van der Waals surface area contributed by atoms with Gasteiger partial charge in [-0.1, -0.05) is 70.1 Å². The van der Waals surface area contributed by atoms with Crippen molar-refractivity contribution in [2.24, 2.45) is 11.8 Å². The van der Waals surface area contributed by atoms with Crippen molar-refractivity contribution in [2.45, 2.75) is 52.9 Å². The van der Waals surface area contributed by atoms with E-state index in [0.717, 1.165) is 45.2 Å². The number of pyridine rings is 1. The van der Waals surface area contributed by atoms with Gasteiger partial charge in [-0.25, -0.2) is 4.98 Å². The van der Waals surface area contributed by atoms with Crippen LogP contribution >= 0.6 is 24.0 Å². The second-order valence-corrected chi connectivity index (χ2v) is 11.0. The van der Waals surface area contributed by atoms with Crippen molar-refractivity contribution >= 4 is 51.7 Å². The fourth-order valence-corrected chi connectivity index (χ4v) is 6.11. The van der Waals surface area contributed by atoms with Crippen LogP contribution in [0.25, 0.3) is 11.7 Å². The summed E-state index contributed by atoms with van der Waals surface area (Å²) in [4.78, 5) is 36.0. The lowest BCUT2D eigenvalue weighted by atomic mass is 9.91. The van der Waals surface area contributed by atoms with Gasteiger partial charge in [-0.15, -0.1) is 0 Å². The molecule has 2 aromatic rings. The number of nitrogens with zero attached hydrogens (tertiary/aromatic N) is 4. The lowest BCUT2D eigenvalue weighted by Gasteiger charge is -2.36. The van der Waals surface area contributed by atoms with Crippen LogP contribution in [0.5, 0.6) is 0 Å². The summed E-state index contributed by atoms with van der Waals surface area (Å²) in [6.07, 6.45) is 8.93. The van der Waals surface area contributed by atoms with Crippen LogP contribution in [0.2, 0.25) is 0 Å². The van der Waals surface area contributed by atoms with E-state index in [2.05, 4.69) is 25.7 Å². The van der Waals surface area contributed by atoms with E-state index in [0.29, 0.717) is 44.6 Å². The molecule has 6 nitrogen and oxygen atoms in total. The lowest BCUT2D eigenvalue weighted by Crippen LogP contribution is -2.40. The Hall–Kier alpha value is -2.19. The van der Waals surface area contributed by atoms with Gasteiger partial charge in [0.05, 0.1) is 10.5 Å². The van der Waals surface area contributed by atoms with E-state index in [4.69, 9.17) is 17.2 Å². The lowest BCUT2D eigenvalue weighted by molar-refractivity contribution is -0.122. The van der Waals surface area contributed by atoms with Gasteiger partial charge in [0.15, 0.2) is 0 Å². The molecule has 2 aliphatic rings. The second-order valence-electron chi connectivity index (χ2n) is 9.33. The molecule has 4 rings (SSSR count). The molecule has 2 saturated heterocycles. The summed E-state index contributed by atoms with van der Waals surface area (Å²) >= 11 is 6.79. The molecule has 0 N–H and O–H groups in total. The SMILES string of the molecule is CCCCCCN1C(=O)/C(=C\c2c(N3C[C@@H](C)C[C@H](C)C3)nc3ccccn3c2=O)SC1=S. The maximum absolute atomic E-state index is 13.5. The number of aromatic nitrogens is 2. The van der Waals surface area contributed by atoms with Gasteiger partial charge in [0.25, 0.3) is 11.5 Å². The quantitative estimate of drug-likeness (QED) is 0.315. The van der Waals surface area contributed by atoms with Gasteiger partial charge < -0.3 is 4.90 Å². The van der Waals surface area contributed by atoms with Crippen molar-refractivity contribution in [2.75, 3.05) is 24.5 Å². The first kappa shape index (κ1) is 24.0. The molecule has 0 unspecified atom stereocenters. The summed E-state index contributed by atoms with van der Waals surface area (Å²) < 4.78 is 2.12. The zero-order chi connectivity index (χ0) is 23.5. The minimum atomic E-state index is -0.158. The first-order valence-electron chi connectivity index (χ1n) is 11.9. The summed E-state index contributed by atoms with van der Waals surface area (Å²) in [6, 6.07) is 5.55. The van der Waals surface area contributed by atoms with Crippen molar-refractivity contribution < 1.29 is 4.79 Å². The molecule has 0 radical (unpaired) electrons. The number of thioether (sulfide) groups is 1. The number of hydrogen-bond donors (Lipinski definition) is 0. The Balaban J connectivity index is 1.73. The highest BCUT2D eigenvalue weighted by Crippen LogP contribution is 2.34. The highest BCUT2D eigenvalue weighted by atomic mass is 32.2. The van der Waals surface area contributed by atoms with E-state index in [-0.39, 0.29) is 11.5 Å². The van der Waals surface area contributed by atoms with Crippen molar-refractivity contribution in [1.29, 1.82) is 0 Å². The van der Waals surface area contributed by atoms with Crippen molar-refractivity contribution in [3.8, 4) is 0 Å². The van der Waals surface area contributed by atoms with Crippen LogP contribution < -0.4 is 10.5 Å². The number of amides is 1. The Morgan fingerprint density at radius 2 is 1.91 bits per heavy atom. The number of piperidine rings is 1. The number of anilines is 1. The first-order chi connectivity index (χ1) is 15.9. The van der Waals surface area contributed by atoms with Crippen LogP contribution in [-0.2, 0) is 4.79 Å². The van der Waals surface area contributed by atoms with Gasteiger partial charge >= 0.3 is 0 Å². The van der Waals surface area contributed by atoms with Gasteiger partial charge in [-0.05, 0) is 42.9 Å². The maximum Gasteiger partial charge on any atom is 0.267 e. The third kappa shape index (κ3) is 5.17. The molecule has 1 amide bonds. The predicted molar refractivity (Wildman–Crippen MR) is 141 cm³/mol. The molecule has 0 saturated carbocycles. The molecular weight excluding hydrogens is 452 g/mol. The topological polar surface area (TPSA) is 57.9 Å². The Labute approximate surface area is 205 Å². The van der Waals surface area contributed by atoms with Gasteiger partial charge in [0, 0.05) is 25.8 Å². The largest absolute Gasteiger partial charge is 0.355 e. The molecule has 2 aromatic heterocycles. The molecule has 2 fully saturated rings. The second kappa shape index (κ2) is 10.4. The molecule has 0 spiro atoms. The Bertz CT molecular complexity index is 1130.